The number of fused-ring (bicyclic) bond motifs is 1. The molecule has 2 heterocycles. The Morgan fingerprint density at radius 1 is 1.11 bits per heavy atom. The lowest BCUT2D eigenvalue weighted by Crippen LogP contribution is -2.60. The number of allylic oxidation sites excluding steroid dienone is 1. The van der Waals surface area contributed by atoms with E-state index in [0.29, 0.717) is 24.0 Å². The number of nitrogens with zero attached hydrogens (tertiary/aromatic N) is 2. The normalized spacial score (nSPS) is 24.5. The molecule has 2 saturated carbocycles. The van der Waals surface area contributed by atoms with Crippen LogP contribution in [0.1, 0.15) is 71.4 Å². The number of sulfonamides is 1. The summed E-state index contributed by atoms with van der Waals surface area (Å²) in [7, 11) is -3.99. The topological polar surface area (TPSA) is 207 Å². The van der Waals surface area contributed by atoms with E-state index < -0.39 is 98.3 Å². The standard InChI is InChI=1S/C36H46FN5O11S/c1-7-10-28(43)51-20(3)29(38-33(47)53-35(4,5)6)31(45)42-18-23(52-34(48)41-17-21-11-9-12-26(37)25(21)19-41)15-27(42)30(44)39-36(16-22(36)8-2)32(46)40-54(49,50)24-13-14-24/h7-12,20,22-24,27,29H,2,13-19H2,1,3-6H3,(H,38,47)(H,39,44)(H,40,46)/t20-,22-,23?,27+,29+,36-/m1/s1. The first kappa shape index (κ1) is 40.2. The van der Waals surface area contributed by atoms with Crippen LogP contribution in [0.4, 0.5) is 14.0 Å². The summed E-state index contributed by atoms with van der Waals surface area (Å²) in [5.74, 6) is -4.69. The summed E-state index contributed by atoms with van der Waals surface area (Å²) in [5.41, 5.74) is -1.75. The molecular formula is C36H46FN5O11S. The quantitative estimate of drug-likeness (QED) is 0.122. The van der Waals surface area contributed by atoms with E-state index in [1.165, 1.54) is 36.1 Å². The van der Waals surface area contributed by atoms with Gasteiger partial charge in [-0.15, -0.1) is 6.58 Å². The zero-order chi connectivity index (χ0) is 39.7. The summed E-state index contributed by atoms with van der Waals surface area (Å²) >= 11 is 0. The van der Waals surface area contributed by atoms with Gasteiger partial charge in [-0.3, -0.25) is 24.0 Å². The lowest BCUT2D eigenvalue weighted by atomic mass is 10.1. The number of esters is 1. The van der Waals surface area contributed by atoms with Crippen molar-refractivity contribution in [2.24, 2.45) is 5.92 Å². The van der Waals surface area contributed by atoms with Crippen LogP contribution in [-0.2, 0) is 56.5 Å². The first-order valence-electron chi connectivity index (χ1n) is 17.6. The zero-order valence-electron chi connectivity index (χ0n) is 30.8. The van der Waals surface area contributed by atoms with E-state index in [4.69, 9.17) is 14.2 Å². The molecule has 18 heteroatoms. The van der Waals surface area contributed by atoms with E-state index in [1.54, 1.807) is 33.8 Å². The number of ether oxygens (including phenoxy) is 3. The van der Waals surface area contributed by atoms with Gasteiger partial charge in [0, 0.05) is 30.5 Å². The Bertz CT molecular complexity index is 1860. The molecule has 0 bridgehead atoms. The number of carbonyl (C=O) groups excluding carboxylic acids is 6. The highest BCUT2D eigenvalue weighted by molar-refractivity contribution is 7.91. The van der Waals surface area contributed by atoms with Crippen LogP contribution in [0.2, 0.25) is 0 Å². The number of hydrogen-bond donors (Lipinski definition) is 3. The van der Waals surface area contributed by atoms with Gasteiger partial charge in [-0.2, -0.15) is 0 Å². The van der Waals surface area contributed by atoms with Gasteiger partial charge in [0.05, 0.1) is 18.3 Å². The Hall–Kier alpha value is -5.00. The second-order valence-electron chi connectivity index (χ2n) is 14.9. The Labute approximate surface area is 312 Å². The largest absolute Gasteiger partial charge is 0.457 e. The highest BCUT2D eigenvalue weighted by atomic mass is 32.2. The minimum absolute atomic E-state index is 0.0280. The fourth-order valence-corrected chi connectivity index (χ4v) is 7.90. The van der Waals surface area contributed by atoms with Gasteiger partial charge in [0.1, 0.15) is 41.2 Å². The smallest absolute Gasteiger partial charge is 0.410 e. The molecule has 2 aliphatic carbocycles. The van der Waals surface area contributed by atoms with Crippen molar-refractivity contribution in [3.05, 3.63) is 60.0 Å². The van der Waals surface area contributed by atoms with Gasteiger partial charge in [-0.1, -0.05) is 24.3 Å². The Kier molecular flexibility index (Phi) is 11.5. The van der Waals surface area contributed by atoms with Crippen molar-refractivity contribution in [1.82, 2.24) is 25.2 Å². The molecule has 1 aromatic carbocycles. The van der Waals surface area contributed by atoms with Gasteiger partial charge in [-0.05, 0) is 65.5 Å². The number of hydrogen-bond acceptors (Lipinski definition) is 11. The molecule has 1 unspecified atom stereocenters. The molecule has 0 aromatic heterocycles. The molecule has 1 saturated heterocycles. The fourth-order valence-electron chi connectivity index (χ4n) is 6.54. The van der Waals surface area contributed by atoms with Crippen molar-refractivity contribution in [1.29, 1.82) is 0 Å². The van der Waals surface area contributed by atoms with E-state index in [0.717, 1.165) is 11.0 Å². The lowest BCUT2D eigenvalue weighted by molar-refractivity contribution is -0.150. The average Bonchev–Trinajstić information content (AvgIpc) is 3.97. The van der Waals surface area contributed by atoms with E-state index in [-0.39, 0.29) is 32.5 Å². The molecule has 5 rings (SSSR count). The zero-order valence-corrected chi connectivity index (χ0v) is 31.6. The molecule has 16 nitrogen and oxygen atoms in total. The van der Waals surface area contributed by atoms with Crippen LogP contribution in [0.3, 0.4) is 0 Å². The van der Waals surface area contributed by atoms with Crippen molar-refractivity contribution in [2.75, 3.05) is 6.54 Å². The third kappa shape index (κ3) is 9.02. The van der Waals surface area contributed by atoms with Gasteiger partial charge in [0.25, 0.3) is 5.91 Å². The monoisotopic (exact) mass is 775 g/mol. The molecule has 4 aliphatic rings. The summed E-state index contributed by atoms with van der Waals surface area (Å²) in [6, 6.07) is 1.44. The average molecular weight is 776 g/mol. The summed E-state index contributed by atoms with van der Waals surface area (Å²) in [5, 5.41) is 4.35. The van der Waals surface area contributed by atoms with Gasteiger partial charge >= 0.3 is 18.2 Å². The molecule has 3 N–H and O–H groups in total. The van der Waals surface area contributed by atoms with E-state index in [1.807, 2.05) is 0 Å². The van der Waals surface area contributed by atoms with Gasteiger partial charge in [0.15, 0.2) is 0 Å². The number of halogens is 1. The predicted molar refractivity (Wildman–Crippen MR) is 189 cm³/mol. The molecule has 2 aliphatic heterocycles. The van der Waals surface area contributed by atoms with E-state index in [9.17, 15) is 41.6 Å². The number of rotatable bonds is 12. The summed E-state index contributed by atoms with van der Waals surface area (Å²) in [6.45, 7) is 11.0. The molecule has 1 aromatic rings. The highest BCUT2D eigenvalue weighted by Crippen LogP contribution is 2.45. The van der Waals surface area contributed by atoms with Gasteiger partial charge < -0.3 is 29.7 Å². The molecule has 0 spiro atoms. The molecule has 54 heavy (non-hydrogen) atoms. The van der Waals surface area contributed by atoms with Crippen LogP contribution < -0.4 is 15.4 Å². The van der Waals surface area contributed by atoms with Crippen molar-refractivity contribution < 1.29 is 55.8 Å². The summed E-state index contributed by atoms with van der Waals surface area (Å²) in [6.07, 6.45) is 0.182. The third-order valence-electron chi connectivity index (χ3n) is 9.56. The Morgan fingerprint density at radius 3 is 2.41 bits per heavy atom. The number of likely N-dealkylation sites (tertiary alicyclic amines) is 1. The van der Waals surface area contributed by atoms with Crippen LogP contribution in [0.15, 0.2) is 43.0 Å². The van der Waals surface area contributed by atoms with Crippen LogP contribution in [0, 0.1) is 11.7 Å². The number of benzene rings is 1. The maximum absolute atomic E-state index is 14.4. The van der Waals surface area contributed by atoms with E-state index in [2.05, 4.69) is 21.9 Å². The van der Waals surface area contributed by atoms with Crippen LogP contribution in [0.25, 0.3) is 0 Å². The Balaban J connectivity index is 1.41. The maximum atomic E-state index is 14.4. The van der Waals surface area contributed by atoms with Crippen molar-refractivity contribution in [3.63, 3.8) is 0 Å². The second-order valence-corrected chi connectivity index (χ2v) is 16.9. The number of nitrogens with one attached hydrogen (secondary N) is 3. The Morgan fingerprint density at radius 2 is 1.81 bits per heavy atom. The summed E-state index contributed by atoms with van der Waals surface area (Å²) in [4.78, 5) is 83.0. The fraction of sp³-hybridized carbons (Fsp3) is 0.556. The van der Waals surface area contributed by atoms with Crippen LogP contribution in [0.5, 0.6) is 0 Å². The van der Waals surface area contributed by atoms with Crippen molar-refractivity contribution >= 4 is 45.9 Å². The van der Waals surface area contributed by atoms with E-state index >= 15 is 0 Å². The maximum Gasteiger partial charge on any atom is 0.410 e. The first-order chi connectivity index (χ1) is 25.3. The predicted octanol–water partition coefficient (Wildman–Crippen LogP) is 2.32. The first-order valence-corrected chi connectivity index (χ1v) is 19.2. The minimum Gasteiger partial charge on any atom is -0.457 e. The van der Waals surface area contributed by atoms with Gasteiger partial charge in [-0.25, -0.2) is 27.2 Å². The van der Waals surface area contributed by atoms with Crippen molar-refractivity contribution in [2.45, 2.75) is 114 Å². The highest BCUT2D eigenvalue weighted by Gasteiger charge is 2.62. The number of carbonyl (C=O) groups is 6. The van der Waals surface area contributed by atoms with Crippen LogP contribution >= 0.6 is 0 Å². The number of amides is 5. The lowest BCUT2D eigenvalue weighted by Gasteiger charge is -2.32. The molecule has 0 radical (unpaired) electrons. The minimum atomic E-state index is -3.99. The molecule has 3 fully saturated rings. The third-order valence-corrected chi connectivity index (χ3v) is 11.4. The van der Waals surface area contributed by atoms with Gasteiger partial charge in [0.2, 0.25) is 21.8 Å². The molecule has 6 atom stereocenters. The number of alkyl carbamates (subject to hydrolysis) is 1. The van der Waals surface area contributed by atoms with Crippen molar-refractivity contribution in [3.8, 4) is 0 Å². The summed E-state index contributed by atoms with van der Waals surface area (Å²) < 4.78 is 58.3. The molecular weight excluding hydrogens is 729 g/mol. The van der Waals surface area contributed by atoms with Crippen LogP contribution in [-0.4, -0.2) is 101 Å². The second kappa shape index (κ2) is 15.4. The molecule has 5 amide bonds. The molecule has 294 valence electrons. The SMILES string of the molecule is C=C[C@@H]1C[C@]1(NC(=O)[C@@H]1CC(OC(=O)N2Cc3cccc(F)c3C2)CN1C(=O)[C@@H](NC(=O)OC(C)(C)C)[C@@H](C)OC(=O)C=CC)C(=O)NS(=O)(=O)C1CC1.